The third-order valence-corrected chi connectivity index (χ3v) is 5.15. The first-order valence-corrected chi connectivity index (χ1v) is 9.25. The van der Waals surface area contributed by atoms with Gasteiger partial charge in [-0.3, -0.25) is 4.79 Å². The van der Waals surface area contributed by atoms with Gasteiger partial charge in [0, 0.05) is 18.0 Å². The number of thiazole rings is 1. The number of hydrogen-bond acceptors (Lipinski definition) is 4. The Kier molecular flexibility index (Phi) is 5.98. The molecule has 124 valence electrons. The van der Waals surface area contributed by atoms with Crippen molar-refractivity contribution in [3.8, 4) is 0 Å². The number of likely N-dealkylation sites (tertiary alicyclic amines) is 1. The maximum Gasteiger partial charge on any atom is 0.271 e. The maximum absolute atomic E-state index is 12.5. The number of amides is 1. The van der Waals surface area contributed by atoms with Gasteiger partial charge in [0.2, 0.25) is 0 Å². The number of rotatable bonds is 6. The molecule has 5 heteroatoms. The summed E-state index contributed by atoms with van der Waals surface area (Å²) in [6.45, 7) is 11.9. The molecule has 2 heterocycles. The molecule has 4 nitrogen and oxygen atoms in total. The molecule has 0 radical (unpaired) electrons. The van der Waals surface area contributed by atoms with Crippen LogP contribution in [0, 0.1) is 5.41 Å². The van der Waals surface area contributed by atoms with Gasteiger partial charge in [-0.1, -0.05) is 27.7 Å². The Hall–Kier alpha value is -0.940. The molecule has 1 N–H and O–H groups in total. The molecule has 1 fully saturated rings. The van der Waals surface area contributed by atoms with E-state index in [9.17, 15) is 4.79 Å². The highest BCUT2D eigenvalue weighted by molar-refractivity contribution is 7.09. The van der Waals surface area contributed by atoms with E-state index in [-0.39, 0.29) is 17.4 Å². The third kappa shape index (κ3) is 4.78. The highest BCUT2D eigenvalue weighted by Gasteiger charge is 2.29. The van der Waals surface area contributed by atoms with Crippen LogP contribution in [0.25, 0.3) is 0 Å². The van der Waals surface area contributed by atoms with Gasteiger partial charge in [-0.2, -0.15) is 0 Å². The molecular formula is C17H29N3OS. The SMILES string of the molecule is CCCc1nc(C(=O)NC(CN2CCCC2)C(C)(C)C)cs1. The first kappa shape index (κ1) is 17.4. The zero-order valence-electron chi connectivity index (χ0n) is 14.3. The van der Waals surface area contributed by atoms with Gasteiger partial charge in [0.25, 0.3) is 5.91 Å². The summed E-state index contributed by atoms with van der Waals surface area (Å²) < 4.78 is 0. The molecule has 0 bridgehead atoms. The number of hydrogen-bond donors (Lipinski definition) is 1. The van der Waals surface area contributed by atoms with E-state index in [1.165, 1.54) is 12.8 Å². The molecule has 0 spiro atoms. The van der Waals surface area contributed by atoms with Gasteiger partial charge in [0.1, 0.15) is 5.69 Å². The molecule has 0 aliphatic carbocycles. The van der Waals surface area contributed by atoms with Gasteiger partial charge in [0.15, 0.2) is 0 Å². The van der Waals surface area contributed by atoms with Crippen LogP contribution in [-0.2, 0) is 6.42 Å². The fourth-order valence-corrected chi connectivity index (χ4v) is 3.62. The Morgan fingerprint density at radius 3 is 2.68 bits per heavy atom. The van der Waals surface area contributed by atoms with E-state index in [1.807, 2.05) is 5.38 Å². The molecule has 1 aromatic heterocycles. The summed E-state index contributed by atoms with van der Waals surface area (Å²) in [5.74, 6) is -0.0299. The number of carbonyl (C=O) groups is 1. The van der Waals surface area contributed by atoms with Crippen molar-refractivity contribution < 1.29 is 4.79 Å². The van der Waals surface area contributed by atoms with Gasteiger partial charge < -0.3 is 10.2 Å². The van der Waals surface area contributed by atoms with E-state index in [4.69, 9.17) is 0 Å². The van der Waals surface area contributed by atoms with Crippen LogP contribution in [0.1, 0.15) is 62.5 Å². The highest BCUT2D eigenvalue weighted by Crippen LogP contribution is 2.22. The second-order valence-corrected chi connectivity index (χ2v) is 8.22. The fourth-order valence-electron chi connectivity index (χ4n) is 2.74. The van der Waals surface area contributed by atoms with Crippen LogP contribution >= 0.6 is 11.3 Å². The van der Waals surface area contributed by atoms with Crippen molar-refractivity contribution in [3.63, 3.8) is 0 Å². The molecule has 1 saturated heterocycles. The largest absolute Gasteiger partial charge is 0.346 e. The second kappa shape index (κ2) is 7.55. The first-order chi connectivity index (χ1) is 10.4. The van der Waals surface area contributed by atoms with E-state index < -0.39 is 0 Å². The van der Waals surface area contributed by atoms with Crippen LogP contribution < -0.4 is 5.32 Å². The van der Waals surface area contributed by atoms with Gasteiger partial charge in [-0.05, 0) is 44.2 Å². The van der Waals surface area contributed by atoms with Gasteiger partial charge in [0.05, 0.1) is 5.01 Å². The summed E-state index contributed by atoms with van der Waals surface area (Å²) >= 11 is 1.59. The maximum atomic E-state index is 12.5. The lowest BCUT2D eigenvalue weighted by molar-refractivity contribution is 0.0874. The summed E-state index contributed by atoms with van der Waals surface area (Å²) in [5.41, 5.74) is 0.615. The number of aromatic nitrogens is 1. The van der Waals surface area contributed by atoms with Crippen LogP contribution in [0.15, 0.2) is 5.38 Å². The molecule has 0 aromatic carbocycles. The predicted molar refractivity (Wildman–Crippen MR) is 92.5 cm³/mol. The summed E-state index contributed by atoms with van der Waals surface area (Å²) in [7, 11) is 0. The Bertz CT molecular complexity index is 486. The Balaban J connectivity index is 2.00. The van der Waals surface area contributed by atoms with Gasteiger partial charge in [-0.15, -0.1) is 11.3 Å². The number of carbonyl (C=O) groups excluding carboxylic acids is 1. The van der Waals surface area contributed by atoms with Crippen LogP contribution in [0.2, 0.25) is 0 Å². The minimum absolute atomic E-state index is 0.0299. The lowest BCUT2D eigenvalue weighted by Crippen LogP contribution is -2.50. The number of nitrogens with one attached hydrogen (secondary N) is 1. The average Bonchev–Trinajstić information content (AvgIpc) is 3.08. The van der Waals surface area contributed by atoms with Crippen molar-refractivity contribution in [2.45, 2.75) is 59.4 Å². The summed E-state index contributed by atoms with van der Waals surface area (Å²) in [5, 5.41) is 6.16. The number of aryl methyl sites for hydroxylation is 1. The predicted octanol–water partition coefficient (Wildman–Crippen LogP) is 3.34. The fraction of sp³-hybridized carbons (Fsp3) is 0.765. The molecule has 1 aliphatic heterocycles. The zero-order chi connectivity index (χ0) is 16.2. The van der Waals surface area contributed by atoms with Crippen molar-refractivity contribution in [2.75, 3.05) is 19.6 Å². The highest BCUT2D eigenvalue weighted by atomic mass is 32.1. The van der Waals surface area contributed by atoms with Crippen molar-refractivity contribution in [2.24, 2.45) is 5.41 Å². The normalized spacial score (nSPS) is 17.6. The Morgan fingerprint density at radius 1 is 1.41 bits per heavy atom. The summed E-state index contributed by atoms with van der Waals surface area (Å²) in [6, 6.07) is 0.148. The molecule has 1 atom stereocenters. The van der Waals surface area contributed by atoms with Crippen molar-refractivity contribution in [1.29, 1.82) is 0 Å². The quantitative estimate of drug-likeness (QED) is 0.873. The van der Waals surface area contributed by atoms with Crippen molar-refractivity contribution in [1.82, 2.24) is 15.2 Å². The topological polar surface area (TPSA) is 45.2 Å². The minimum atomic E-state index is -0.0299. The van der Waals surface area contributed by atoms with Gasteiger partial charge >= 0.3 is 0 Å². The van der Waals surface area contributed by atoms with E-state index >= 15 is 0 Å². The van der Waals surface area contributed by atoms with Gasteiger partial charge in [-0.25, -0.2) is 4.98 Å². The Labute approximate surface area is 138 Å². The van der Waals surface area contributed by atoms with Crippen LogP contribution in [0.3, 0.4) is 0 Å². The van der Waals surface area contributed by atoms with Crippen LogP contribution in [-0.4, -0.2) is 41.5 Å². The molecule has 2 rings (SSSR count). The van der Waals surface area contributed by atoms with Crippen LogP contribution in [0.4, 0.5) is 0 Å². The Morgan fingerprint density at radius 2 is 2.09 bits per heavy atom. The smallest absolute Gasteiger partial charge is 0.271 e. The molecule has 1 unspecified atom stereocenters. The molecule has 1 amide bonds. The lowest BCUT2D eigenvalue weighted by atomic mass is 9.86. The lowest BCUT2D eigenvalue weighted by Gasteiger charge is -2.34. The van der Waals surface area contributed by atoms with Crippen molar-refractivity contribution >= 4 is 17.2 Å². The van der Waals surface area contributed by atoms with E-state index in [2.05, 4.69) is 42.9 Å². The molecule has 0 saturated carbocycles. The minimum Gasteiger partial charge on any atom is -0.346 e. The van der Waals surface area contributed by atoms with E-state index in [0.29, 0.717) is 5.69 Å². The third-order valence-electron chi connectivity index (χ3n) is 4.24. The molecule has 1 aromatic rings. The van der Waals surface area contributed by atoms with E-state index in [0.717, 1.165) is 37.5 Å². The number of nitrogens with zero attached hydrogens (tertiary/aromatic N) is 2. The summed E-state index contributed by atoms with van der Waals surface area (Å²) in [4.78, 5) is 19.4. The standard InChI is InChI=1S/C17H29N3OS/c1-5-8-15-18-13(12-22-15)16(21)19-14(17(2,3)4)11-20-9-6-7-10-20/h12,14H,5-11H2,1-4H3,(H,19,21). The zero-order valence-corrected chi connectivity index (χ0v) is 15.1. The molecule has 22 heavy (non-hydrogen) atoms. The summed E-state index contributed by atoms with van der Waals surface area (Å²) in [6.07, 6.45) is 4.57. The van der Waals surface area contributed by atoms with E-state index in [1.54, 1.807) is 11.3 Å². The second-order valence-electron chi connectivity index (χ2n) is 7.28. The first-order valence-electron chi connectivity index (χ1n) is 8.37. The molecular weight excluding hydrogens is 294 g/mol. The monoisotopic (exact) mass is 323 g/mol. The van der Waals surface area contributed by atoms with Crippen LogP contribution in [0.5, 0.6) is 0 Å². The average molecular weight is 324 g/mol. The van der Waals surface area contributed by atoms with Crippen molar-refractivity contribution in [3.05, 3.63) is 16.1 Å². The molecule has 1 aliphatic rings.